The van der Waals surface area contributed by atoms with Gasteiger partial charge in [-0.2, -0.15) is 5.26 Å². The van der Waals surface area contributed by atoms with Gasteiger partial charge in [0, 0.05) is 18.4 Å². The summed E-state index contributed by atoms with van der Waals surface area (Å²) in [4.78, 5) is 18.7. The van der Waals surface area contributed by atoms with Crippen molar-refractivity contribution in [2.75, 3.05) is 11.9 Å². The third-order valence-electron chi connectivity index (χ3n) is 3.53. The molecule has 0 unspecified atom stereocenters. The van der Waals surface area contributed by atoms with Gasteiger partial charge in [-0.3, -0.25) is 4.79 Å². The van der Waals surface area contributed by atoms with Crippen molar-refractivity contribution in [3.05, 3.63) is 53.2 Å². The highest BCUT2D eigenvalue weighted by Crippen LogP contribution is 2.28. The molecule has 1 atom stereocenters. The molecule has 1 aromatic carbocycles. The van der Waals surface area contributed by atoms with Crippen LogP contribution in [0.5, 0.6) is 0 Å². The Balaban J connectivity index is 2.21. The van der Waals surface area contributed by atoms with Crippen LogP contribution in [0.15, 0.2) is 41.4 Å². The molecule has 0 saturated carbocycles. The lowest BCUT2D eigenvalue weighted by Crippen LogP contribution is -2.33. The largest absolute Gasteiger partial charge is 0.315 e. The quantitative estimate of drug-likeness (QED) is 0.804. The Morgan fingerprint density at radius 2 is 1.96 bits per heavy atom. The molecule has 0 N–H and O–H groups in total. The van der Waals surface area contributed by atoms with Crippen molar-refractivity contribution >= 4 is 23.4 Å². The normalized spacial score (nSPS) is 11.6. The molecular formula is C18H19N3OS. The van der Waals surface area contributed by atoms with Crippen LogP contribution in [-0.2, 0) is 4.79 Å². The Hall–Kier alpha value is -2.32. The molecule has 1 aromatic heterocycles. The summed E-state index contributed by atoms with van der Waals surface area (Å²) in [5, 5.41) is 9.62. The van der Waals surface area contributed by atoms with Gasteiger partial charge in [0.2, 0.25) is 5.91 Å². The number of nitriles is 1. The van der Waals surface area contributed by atoms with Crippen LogP contribution in [0.3, 0.4) is 0 Å². The molecule has 5 heteroatoms. The van der Waals surface area contributed by atoms with E-state index in [4.69, 9.17) is 0 Å². The number of hydrogen-bond acceptors (Lipinski definition) is 4. The molecule has 4 nitrogen and oxygen atoms in total. The minimum Gasteiger partial charge on any atom is -0.315 e. The van der Waals surface area contributed by atoms with Gasteiger partial charge in [0.05, 0.1) is 10.8 Å². The van der Waals surface area contributed by atoms with E-state index in [-0.39, 0.29) is 11.2 Å². The molecule has 0 aliphatic heterocycles. The van der Waals surface area contributed by atoms with Crippen LogP contribution < -0.4 is 4.90 Å². The number of nitrogens with zero attached hydrogens (tertiary/aromatic N) is 3. The van der Waals surface area contributed by atoms with Crippen LogP contribution in [0.2, 0.25) is 0 Å². The summed E-state index contributed by atoms with van der Waals surface area (Å²) in [6.07, 6.45) is 0. The highest BCUT2D eigenvalue weighted by atomic mass is 32.2. The molecule has 1 amide bonds. The zero-order chi connectivity index (χ0) is 17.0. The fourth-order valence-corrected chi connectivity index (χ4v) is 3.41. The highest BCUT2D eigenvalue weighted by Gasteiger charge is 2.22. The van der Waals surface area contributed by atoms with Gasteiger partial charge in [-0.25, -0.2) is 4.98 Å². The first-order chi connectivity index (χ1) is 10.9. The van der Waals surface area contributed by atoms with Crippen LogP contribution in [0.25, 0.3) is 0 Å². The van der Waals surface area contributed by atoms with Crippen LogP contribution >= 0.6 is 11.8 Å². The van der Waals surface area contributed by atoms with E-state index in [1.165, 1.54) is 11.8 Å². The minimum atomic E-state index is -0.332. The molecule has 2 rings (SSSR count). The third-order valence-corrected chi connectivity index (χ3v) is 4.61. The zero-order valence-corrected chi connectivity index (χ0v) is 14.5. The predicted octanol–water partition coefficient (Wildman–Crippen LogP) is 3.71. The Kier molecular flexibility index (Phi) is 5.41. The van der Waals surface area contributed by atoms with E-state index >= 15 is 0 Å². The molecule has 0 aliphatic carbocycles. The van der Waals surface area contributed by atoms with Gasteiger partial charge in [0.15, 0.2) is 0 Å². The summed E-state index contributed by atoms with van der Waals surface area (Å²) >= 11 is 1.33. The lowest BCUT2D eigenvalue weighted by molar-refractivity contribution is -0.117. The number of para-hydroxylation sites is 1. The minimum absolute atomic E-state index is 0.0222. The Morgan fingerprint density at radius 3 is 2.57 bits per heavy atom. The number of carbonyl (C=O) groups excluding carboxylic acids is 1. The van der Waals surface area contributed by atoms with Crippen LogP contribution in [-0.4, -0.2) is 23.2 Å². The first kappa shape index (κ1) is 17.0. The molecule has 1 heterocycles. The number of carbonyl (C=O) groups is 1. The maximum absolute atomic E-state index is 12.6. The summed E-state index contributed by atoms with van der Waals surface area (Å²) < 4.78 is 0. The second-order valence-corrected chi connectivity index (χ2v) is 6.69. The Morgan fingerprint density at radius 1 is 1.30 bits per heavy atom. The van der Waals surface area contributed by atoms with E-state index in [0.717, 1.165) is 16.9 Å². The summed E-state index contributed by atoms with van der Waals surface area (Å²) in [5.74, 6) is -0.0222. The second-order valence-electron chi connectivity index (χ2n) is 5.37. The van der Waals surface area contributed by atoms with Crippen molar-refractivity contribution < 1.29 is 4.79 Å². The lowest BCUT2D eigenvalue weighted by Gasteiger charge is -2.21. The molecule has 0 fully saturated rings. The molecular weight excluding hydrogens is 306 g/mol. The Labute approximate surface area is 141 Å². The number of thioether (sulfide) groups is 1. The fourth-order valence-electron chi connectivity index (χ4n) is 2.29. The Bertz CT molecular complexity index is 753. The van der Waals surface area contributed by atoms with Crippen LogP contribution in [0.4, 0.5) is 5.69 Å². The number of hydrogen-bond donors (Lipinski definition) is 0. The van der Waals surface area contributed by atoms with E-state index in [1.54, 1.807) is 11.9 Å². The summed E-state index contributed by atoms with van der Waals surface area (Å²) in [6, 6.07) is 13.6. The number of benzene rings is 1. The van der Waals surface area contributed by atoms with Crippen molar-refractivity contribution in [3.63, 3.8) is 0 Å². The van der Waals surface area contributed by atoms with Crippen molar-refractivity contribution in [1.82, 2.24) is 4.98 Å². The molecule has 0 aliphatic rings. The average Bonchev–Trinajstić information content (AvgIpc) is 2.54. The van der Waals surface area contributed by atoms with E-state index in [2.05, 4.69) is 11.1 Å². The number of anilines is 1. The highest BCUT2D eigenvalue weighted by molar-refractivity contribution is 8.00. The summed E-state index contributed by atoms with van der Waals surface area (Å²) in [6.45, 7) is 5.62. The van der Waals surface area contributed by atoms with Gasteiger partial charge >= 0.3 is 0 Å². The van der Waals surface area contributed by atoms with E-state index < -0.39 is 0 Å². The van der Waals surface area contributed by atoms with Gasteiger partial charge in [-0.1, -0.05) is 30.0 Å². The number of rotatable bonds is 4. The van der Waals surface area contributed by atoms with Gasteiger partial charge in [-0.05, 0) is 44.5 Å². The first-order valence-corrected chi connectivity index (χ1v) is 8.19. The molecule has 0 spiro atoms. The summed E-state index contributed by atoms with van der Waals surface area (Å²) in [5.41, 5.74) is 3.13. The number of aryl methyl sites for hydroxylation is 2. The maximum Gasteiger partial charge on any atom is 0.239 e. The molecule has 0 radical (unpaired) electrons. The number of aromatic nitrogens is 1. The number of amides is 1. The first-order valence-electron chi connectivity index (χ1n) is 7.31. The second kappa shape index (κ2) is 7.30. The maximum atomic E-state index is 12.6. The molecule has 118 valence electrons. The van der Waals surface area contributed by atoms with E-state index in [0.29, 0.717) is 10.6 Å². The molecule has 2 aromatic rings. The zero-order valence-electron chi connectivity index (χ0n) is 13.7. The monoisotopic (exact) mass is 325 g/mol. The van der Waals surface area contributed by atoms with Gasteiger partial charge in [0.25, 0.3) is 0 Å². The average molecular weight is 325 g/mol. The molecule has 23 heavy (non-hydrogen) atoms. The SMILES string of the molecule is Cc1cc(C)c(C#N)c(S[C@@H](C)C(=O)N(C)c2ccccc2)n1. The molecule has 0 saturated heterocycles. The van der Waals surface area contributed by atoms with Gasteiger partial charge in [0.1, 0.15) is 11.1 Å². The predicted molar refractivity (Wildman–Crippen MR) is 93.6 cm³/mol. The topological polar surface area (TPSA) is 57.0 Å². The van der Waals surface area contributed by atoms with Crippen LogP contribution in [0, 0.1) is 25.2 Å². The van der Waals surface area contributed by atoms with Crippen molar-refractivity contribution in [2.24, 2.45) is 0 Å². The van der Waals surface area contributed by atoms with Crippen molar-refractivity contribution in [3.8, 4) is 6.07 Å². The standard InChI is InChI=1S/C18H19N3OS/c1-12-10-13(2)20-17(16(12)11-19)23-14(3)18(22)21(4)15-8-6-5-7-9-15/h5-10,14H,1-4H3/t14-/m0/s1. The van der Waals surface area contributed by atoms with Gasteiger partial charge in [-0.15, -0.1) is 0 Å². The van der Waals surface area contributed by atoms with Crippen molar-refractivity contribution in [1.29, 1.82) is 5.26 Å². The lowest BCUT2D eigenvalue weighted by atomic mass is 10.1. The fraction of sp³-hybridized carbons (Fsp3) is 0.278. The van der Waals surface area contributed by atoms with Gasteiger partial charge < -0.3 is 4.90 Å². The third kappa shape index (κ3) is 3.91. The van der Waals surface area contributed by atoms with E-state index in [1.807, 2.05) is 57.2 Å². The van der Waals surface area contributed by atoms with E-state index in [9.17, 15) is 10.1 Å². The van der Waals surface area contributed by atoms with Crippen molar-refractivity contribution in [2.45, 2.75) is 31.0 Å². The molecule has 0 bridgehead atoms. The smallest absolute Gasteiger partial charge is 0.239 e. The van der Waals surface area contributed by atoms with Crippen LogP contribution in [0.1, 0.15) is 23.7 Å². The summed E-state index contributed by atoms with van der Waals surface area (Å²) in [7, 11) is 1.76. The number of pyridine rings is 1.